The van der Waals surface area contributed by atoms with Gasteiger partial charge in [0.15, 0.2) is 5.78 Å². The predicted octanol–water partition coefficient (Wildman–Crippen LogP) is 0.180. The summed E-state index contributed by atoms with van der Waals surface area (Å²) in [6, 6.07) is 0. The zero-order chi connectivity index (χ0) is 10.6. The van der Waals surface area contributed by atoms with Crippen LogP contribution in [0.4, 0.5) is 0 Å². The summed E-state index contributed by atoms with van der Waals surface area (Å²) in [4.78, 5) is 15.2. The molecular weight excluding hydrogens is 182 g/mol. The van der Waals surface area contributed by atoms with Crippen LogP contribution in [0.25, 0.3) is 0 Å². The summed E-state index contributed by atoms with van der Waals surface area (Å²) < 4.78 is 1.69. The van der Waals surface area contributed by atoms with Crippen molar-refractivity contribution in [1.82, 2.24) is 14.8 Å². The first-order valence-corrected chi connectivity index (χ1v) is 4.72. The molecule has 0 spiro atoms. The molecule has 0 fully saturated rings. The number of aryl methyl sites for hydroxylation is 1. The predicted molar refractivity (Wildman–Crippen MR) is 50.7 cm³/mol. The zero-order valence-corrected chi connectivity index (χ0v) is 8.47. The van der Waals surface area contributed by atoms with Crippen molar-refractivity contribution in [1.29, 1.82) is 0 Å². The topological polar surface area (TPSA) is 68.0 Å². The summed E-state index contributed by atoms with van der Waals surface area (Å²) in [6.45, 7) is 4.24. The van der Waals surface area contributed by atoms with Crippen LogP contribution in [-0.4, -0.2) is 31.8 Å². The van der Waals surface area contributed by atoms with E-state index in [1.54, 1.807) is 4.68 Å². The highest BCUT2D eigenvalue weighted by Gasteiger charge is 2.13. The number of hydrogen-bond acceptors (Lipinski definition) is 4. The summed E-state index contributed by atoms with van der Waals surface area (Å²) in [5.74, 6) is 0.396. The van der Waals surface area contributed by atoms with E-state index in [9.17, 15) is 4.79 Å². The van der Waals surface area contributed by atoms with Crippen molar-refractivity contribution in [2.75, 3.05) is 0 Å². The van der Waals surface area contributed by atoms with E-state index < -0.39 is 6.10 Å². The number of carbonyl (C=O) groups is 1. The number of aliphatic hydroxyl groups is 1. The summed E-state index contributed by atoms with van der Waals surface area (Å²) >= 11 is 0. The van der Waals surface area contributed by atoms with Crippen molar-refractivity contribution in [3.63, 3.8) is 0 Å². The number of rotatable bonds is 5. The molecule has 0 saturated carbocycles. The largest absolute Gasteiger partial charge is 0.386 e. The minimum Gasteiger partial charge on any atom is -0.386 e. The average molecular weight is 197 g/mol. The van der Waals surface area contributed by atoms with Crippen LogP contribution in [0.1, 0.15) is 26.1 Å². The fourth-order valence-corrected chi connectivity index (χ4v) is 1.13. The van der Waals surface area contributed by atoms with Crippen LogP contribution in [0.15, 0.2) is 6.33 Å². The van der Waals surface area contributed by atoms with Crippen molar-refractivity contribution < 1.29 is 9.90 Å². The van der Waals surface area contributed by atoms with Gasteiger partial charge in [-0.25, -0.2) is 9.67 Å². The van der Waals surface area contributed by atoms with E-state index in [1.165, 1.54) is 13.3 Å². The van der Waals surface area contributed by atoms with Crippen LogP contribution >= 0.6 is 0 Å². The van der Waals surface area contributed by atoms with Gasteiger partial charge in [0.1, 0.15) is 18.3 Å². The molecule has 1 heterocycles. The normalized spacial score (nSPS) is 12.8. The van der Waals surface area contributed by atoms with Crippen LogP contribution in [0.3, 0.4) is 0 Å². The lowest BCUT2D eigenvalue weighted by molar-refractivity contribution is -0.125. The molecule has 1 aromatic heterocycles. The molecule has 5 nitrogen and oxygen atoms in total. The molecule has 0 radical (unpaired) electrons. The van der Waals surface area contributed by atoms with E-state index in [0.717, 1.165) is 13.0 Å². The monoisotopic (exact) mass is 197 g/mol. The van der Waals surface area contributed by atoms with Crippen molar-refractivity contribution in [3.05, 3.63) is 12.2 Å². The van der Waals surface area contributed by atoms with Crippen molar-refractivity contribution >= 4 is 5.78 Å². The molecule has 0 aliphatic carbocycles. The molecule has 1 unspecified atom stereocenters. The van der Waals surface area contributed by atoms with Gasteiger partial charge in [-0.2, -0.15) is 5.10 Å². The van der Waals surface area contributed by atoms with Crippen LogP contribution in [0.5, 0.6) is 0 Å². The smallest absolute Gasteiger partial charge is 0.168 e. The van der Waals surface area contributed by atoms with Gasteiger partial charge in [-0.15, -0.1) is 0 Å². The summed E-state index contributed by atoms with van der Waals surface area (Å²) in [7, 11) is 0. The van der Waals surface area contributed by atoms with Crippen LogP contribution in [0, 0.1) is 0 Å². The second kappa shape index (κ2) is 4.85. The first-order chi connectivity index (χ1) is 6.65. The minimum atomic E-state index is -0.929. The summed E-state index contributed by atoms with van der Waals surface area (Å²) in [5.41, 5.74) is 0. The molecule has 1 aromatic rings. The Morgan fingerprint density at radius 1 is 1.71 bits per heavy atom. The average Bonchev–Trinajstić information content (AvgIpc) is 2.53. The highest BCUT2D eigenvalue weighted by Crippen LogP contribution is 2.00. The van der Waals surface area contributed by atoms with Crippen molar-refractivity contribution in [3.8, 4) is 0 Å². The van der Waals surface area contributed by atoms with Crippen molar-refractivity contribution in [2.24, 2.45) is 0 Å². The van der Waals surface area contributed by atoms with E-state index in [0.29, 0.717) is 5.82 Å². The fourth-order valence-electron chi connectivity index (χ4n) is 1.13. The highest BCUT2D eigenvalue weighted by molar-refractivity contribution is 5.83. The van der Waals surface area contributed by atoms with Gasteiger partial charge in [-0.05, 0) is 13.3 Å². The summed E-state index contributed by atoms with van der Waals surface area (Å²) in [6.07, 6.45) is 1.60. The molecule has 0 amide bonds. The number of ketones is 1. The van der Waals surface area contributed by atoms with E-state index in [1.807, 2.05) is 6.92 Å². The molecule has 5 heteroatoms. The first-order valence-electron chi connectivity index (χ1n) is 4.72. The number of aliphatic hydroxyl groups excluding tert-OH is 1. The van der Waals surface area contributed by atoms with E-state index in [2.05, 4.69) is 10.1 Å². The maximum absolute atomic E-state index is 11.2. The van der Waals surface area contributed by atoms with Crippen LogP contribution in [-0.2, 0) is 17.8 Å². The Labute approximate surface area is 82.8 Å². The van der Waals surface area contributed by atoms with Gasteiger partial charge in [0, 0.05) is 6.54 Å². The third-order valence-corrected chi connectivity index (χ3v) is 1.93. The minimum absolute atomic E-state index is 0.150. The molecule has 1 atom stereocenters. The van der Waals surface area contributed by atoms with Gasteiger partial charge in [-0.3, -0.25) is 4.79 Å². The fraction of sp³-hybridized carbons (Fsp3) is 0.667. The van der Waals surface area contributed by atoms with E-state index >= 15 is 0 Å². The van der Waals surface area contributed by atoms with Gasteiger partial charge in [0.25, 0.3) is 0 Å². The Morgan fingerprint density at radius 2 is 2.43 bits per heavy atom. The lowest BCUT2D eigenvalue weighted by Crippen LogP contribution is -2.20. The van der Waals surface area contributed by atoms with Crippen LogP contribution < -0.4 is 0 Å². The second-order valence-corrected chi connectivity index (χ2v) is 3.22. The quantitative estimate of drug-likeness (QED) is 0.731. The van der Waals surface area contributed by atoms with Crippen LogP contribution in [0.2, 0.25) is 0 Å². The standard InChI is InChI=1S/C9H15N3O2/c1-3-4-12-9(10-6-11-12)5-8(14)7(2)13/h6-7,13H,3-5H2,1-2H3. The second-order valence-electron chi connectivity index (χ2n) is 3.22. The third-order valence-electron chi connectivity index (χ3n) is 1.93. The number of aromatic nitrogens is 3. The molecule has 0 aliphatic rings. The van der Waals surface area contributed by atoms with E-state index in [-0.39, 0.29) is 12.2 Å². The zero-order valence-electron chi connectivity index (χ0n) is 8.47. The molecule has 0 bridgehead atoms. The Balaban J connectivity index is 2.66. The lowest BCUT2D eigenvalue weighted by atomic mass is 10.2. The lowest BCUT2D eigenvalue weighted by Gasteiger charge is -2.04. The van der Waals surface area contributed by atoms with Gasteiger partial charge < -0.3 is 5.11 Å². The Bertz CT molecular complexity index is 307. The van der Waals surface area contributed by atoms with Gasteiger partial charge in [0.05, 0.1) is 6.42 Å². The molecular formula is C9H15N3O2. The molecule has 78 valence electrons. The van der Waals surface area contributed by atoms with Crippen molar-refractivity contribution in [2.45, 2.75) is 39.3 Å². The SMILES string of the molecule is CCCn1ncnc1CC(=O)C(C)O. The Morgan fingerprint density at radius 3 is 3.00 bits per heavy atom. The number of Topliss-reactive ketones (excluding diaryl/α,β-unsaturated/α-hetero) is 1. The molecule has 0 aliphatic heterocycles. The molecule has 14 heavy (non-hydrogen) atoms. The molecule has 0 aromatic carbocycles. The Hall–Kier alpha value is -1.23. The number of nitrogens with zero attached hydrogens (tertiary/aromatic N) is 3. The molecule has 1 rings (SSSR count). The summed E-state index contributed by atoms with van der Waals surface area (Å²) in [5, 5.41) is 13.0. The Kier molecular flexibility index (Phi) is 3.76. The highest BCUT2D eigenvalue weighted by atomic mass is 16.3. The molecule has 0 saturated heterocycles. The third kappa shape index (κ3) is 2.63. The maximum atomic E-state index is 11.2. The first kappa shape index (κ1) is 10.8. The number of hydrogen-bond donors (Lipinski definition) is 1. The van der Waals surface area contributed by atoms with Gasteiger partial charge in [0.2, 0.25) is 0 Å². The maximum Gasteiger partial charge on any atom is 0.168 e. The number of carbonyl (C=O) groups excluding carboxylic acids is 1. The van der Waals surface area contributed by atoms with Gasteiger partial charge >= 0.3 is 0 Å². The van der Waals surface area contributed by atoms with E-state index in [4.69, 9.17) is 5.11 Å². The van der Waals surface area contributed by atoms with Gasteiger partial charge in [-0.1, -0.05) is 6.92 Å². The molecule has 1 N–H and O–H groups in total.